The van der Waals surface area contributed by atoms with Gasteiger partial charge >= 0.3 is 12.1 Å². The van der Waals surface area contributed by atoms with Crippen LogP contribution in [-0.2, 0) is 28.0 Å². The molecule has 0 saturated carbocycles. The molecular weight excluding hydrogens is 620 g/mol. The number of carboxylic acids is 1. The van der Waals surface area contributed by atoms with E-state index in [9.17, 15) is 14.7 Å². The Kier molecular flexibility index (Phi) is 9.83. The number of halogens is 2. The van der Waals surface area contributed by atoms with Crippen LogP contribution in [0.5, 0.6) is 11.5 Å². The quantitative estimate of drug-likeness (QED) is 0.183. The van der Waals surface area contributed by atoms with Gasteiger partial charge in [-0.2, -0.15) is 0 Å². The molecule has 0 spiro atoms. The zero-order valence-electron chi connectivity index (χ0n) is 27.3. The van der Waals surface area contributed by atoms with E-state index in [2.05, 4.69) is 20.3 Å². The monoisotopic (exact) mass is 659 g/mol. The number of hydrogen-bond donors (Lipinski definition) is 4. The maximum Gasteiger partial charge on any atom is 0.407 e. The van der Waals surface area contributed by atoms with Crippen LogP contribution in [0.3, 0.4) is 0 Å². The lowest BCUT2D eigenvalue weighted by Crippen LogP contribution is -2.44. The van der Waals surface area contributed by atoms with Crippen molar-refractivity contribution in [3.05, 3.63) is 94.7 Å². The van der Waals surface area contributed by atoms with Crippen LogP contribution in [0.4, 0.5) is 13.6 Å². The summed E-state index contributed by atoms with van der Waals surface area (Å²) < 4.78 is 42.6. The van der Waals surface area contributed by atoms with Gasteiger partial charge in [-0.25, -0.2) is 18.6 Å². The molecule has 2 bridgehead atoms. The molecule has 12 heteroatoms. The Labute approximate surface area is 277 Å². The lowest BCUT2D eigenvalue weighted by Gasteiger charge is -2.33. The van der Waals surface area contributed by atoms with Gasteiger partial charge in [0.1, 0.15) is 24.0 Å². The summed E-state index contributed by atoms with van der Waals surface area (Å²) in [5.41, 5.74) is 7.55. The lowest BCUT2D eigenvalue weighted by atomic mass is 9.75. The van der Waals surface area contributed by atoms with E-state index < -0.39 is 34.7 Å². The highest BCUT2D eigenvalue weighted by molar-refractivity contribution is 6.09. The first-order chi connectivity index (χ1) is 22.8. The maximum atomic E-state index is 15.5. The molecule has 1 aliphatic heterocycles. The summed E-state index contributed by atoms with van der Waals surface area (Å²) in [4.78, 5) is 36.2. The van der Waals surface area contributed by atoms with Crippen LogP contribution >= 0.6 is 0 Å². The first-order valence-electron chi connectivity index (χ1n) is 15.6. The molecule has 3 aromatic carbocycles. The van der Waals surface area contributed by atoms with Gasteiger partial charge in [-0.15, -0.1) is 0 Å². The number of carbonyl (C=O) groups is 2. The molecule has 1 unspecified atom stereocenters. The predicted molar refractivity (Wildman–Crippen MR) is 180 cm³/mol. The average molecular weight is 660 g/mol. The standard InChI is InChI=1S/C36H39F2N5O5/c1-35(2)14-6-15-36(3,22-8-5-7-21(17-22)9-12-30(44)45)33(39)42-32(40-4)25-18-23(10-11-27(25)37)48-31-26(20-47-34(46)43-35)24-13-16-41-29(24)19-28(31)38/h5,7-8,10-11,13,16-19,41H,6,9,12,14-15,20H2,1-4H3,(H,43,46)(H,44,45)(H2,39,40,42). The number of cyclic esters (lactones) is 1. The smallest absolute Gasteiger partial charge is 0.407 e. The number of fused-ring (bicyclic) bond motifs is 5. The van der Waals surface area contributed by atoms with Gasteiger partial charge in [-0.1, -0.05) is 24.3 Å². The SMILES string of the molecule is CN=C1N=C(N)C(C)(c2cccc(CCC(=O)O)c2)CCCC(C)(C)NC(=O)OCc2c(c(F)cc3[nH]ccc23)Oc2ccc(F)c1c2. The van der Waals surface area contributed by atoms with Gasteiger partial charge in [0.05, 0.1) is 5.56 Å². The fraction of sp³-hybridized carbons (Fsp3) is 0.333. The fourth-order valence-corrected chi connectivity index (χ4v) is 5.94. The van der Waals surface area contributed by atoms with Crippen LogP contribution in [0.25, 0.3) is 10.9 Å². The maximum absolute atomic E-state index is 15.5. The minimum Gasteiger partial charge on any atom is -0.481 e. The number of aryl methyl sites for hydroxylation is 1. The summed E-state index contributed by atoms with van der Waals surface area (Å²) in [5.74, 6) is -2.19. The van der Waals surface area contributed by atoms with Gasteiger partial charge in [-0.3, -0.25) is 9.79 Å². The van der Waals surface area contributed by atoms with Crippen LogP contribution in [-0.4, -0.2) is 46.4 Å². The summed E-state index contributed by atoms with van der Waals surface area (Å²) in [6.07, 6.45) is 2.82. The number of nitrogens with one attached hydrogen (secondary N) is 2. The number of nitrogens with zero attached hydrogens (tertiary/aromatic N) is 2. The highest BCUT2D eigenvalue weighted by Crippen LogP contribution is 2.37. The summed E-state index contributed by atoms with van der Waals surface area (Å²) >= 11 is 0. The number of alkyl carbamates (subject to hydrolysis) is 1. The van der Waals surface area contributed by atoms with Crippen molar-refractivity contribution in [1.82, 2.24) is 10.3 Å². The Morgan fingerprint density at radius 3 is 2.62 bits per heavy atom. The Morgan fingerprint density at radius 2 is 1.88 bits per heavy atom. The third kappa shape index (κ3) is 7.48. The third-order valence-electron chi connectivity index (χ3n) is 8.73. The van der Waals surface area contributed by atoms with Crippen molar-refractivity contribution in [3.8, 4) is 11.5 Å². The molecule has 48 heavy (non-hydrogen) atoms. The molecule has 0 radical (unpaired) electrons. The number of hydrogen-bond acceptors (Lipinski definition) is 6. The number of benzene rings is 3. The number of H-pyrrole nitrogens is 1. The number of amidine groups is 2. The van der Waals surface area contributed by atoms with E-state index in [-0.39, 0.29) is 41.8 Å². The minimum atomic E-state index is -0.904. The molecule has 1 atom stereocenters. The van der Waals surface area contributed by atoms with Crippen molar-refractivity contribution in [2.45, 2.75) is 70.4 Å². The van der Waals surface area contributed by atoms with Gasteiger partial charge in [0.25, 0.3) is 0 Å². The molecule has 10 nitrogen and oxygen atoms in total. The highest BCUT2D eigenvalue weighted by atomic mass is 19.1. The molecule has 5 N–H and O–H groups in total. The van der Waals surface area contributed by atoms with Crippen molar-refractivity contribution >= 4 is 34.6 Å². The number of carboxylic acid groups (broad SMARTS) is 1. The first kappa shape index (κ1) is 34.1. The highest BCUT2D eigenvalue weighted by Gasteiger charge is 2.33. The van der Waals surface area contributed by atoms with Crippen LogP contribution < -0.4 is 15.8 Å². The molecule has 1 amide bonds. The number of aliphatic carboxylic acids is 1. The largest absolute Gasteiger partial charge is 0.481 e. The average Bonchev–Trinajstić information content (AvgIpc) is 3.50. The van der Waals surface area contributed by atoms with E-state index in [1.165, 1.54) is 31.3 Å². The van der Waals surface area contributed by atoms with Gasteiger partial charge in [0, 0.05) is 53.2 Å². The summed E-state index contributed by atoms with van der Waals surface area (Å²) in [6, 6.07) is 14.4. The third-order valence-corrected chi connectivity index (χ3v) is 8.73. The number of aliphatic imine (C=N–C) groups is 2. The van der Waals surface area contributed by atoms with Gasteiger partial charge < -0.3 is 30.6 Å². The Balaban J connectivity index is 1.63. The molecule has 1 aliphatic rings. The number of ether oxygens (including phenoxy) is 2. The number of aromatic nitrogens is 1. The lowest BCUT2D eigenvalue weighted by molar-refractivity contribution is -0.136. The van der Waals surface area contributed by atoms with Gasteiger partial charge in [0.2, 0.25) is 0 Å². The molecule has 5 rings (SSSR count). The van der Waals surface area contributed by atoms with Crippen LogP contribution in [0, 0.1) is 11.6 Å². The van der Waals surface area contributed by atoms with Crippen molar-refractivity contribution in [3.63, 3.8) is 0 Å². The van der Waals surface area contributed by atoms with E-state index in [0.717, 1.165) is 11.1 Å². The summed E-state index contributed by atoms with van der Waals surface area (Å²) in [5, 5.41) is 12.7. The van der Waals surface area contributed by atoms with Crippen molar-refractivity contribution < 1.29 is 33.0 Å². The van der Waals surface area contributed by atoms with E-state index in [0.29, 0.717) is 42.1 Å². The van der Waals surface area contributed by atoms with Crippen molar-refractivity contribution in [1.29, 1.82) is 0 Å². The topological polar surface area (TPSA) is 151 Å². The fourth-order valence-electron chi connectivity index (χ4n) is 5.94. The summed E-state index contributed by atoms with van der Waals surface area (Å²) in [7, 11) is 1.47. The van der Waals surface area contributed by atoms with E-state index in [4.69, 9.17) is 15.2 Å². The first-order valence-corrected chi connectivity index (χ1v) is 15.6. The van der Waals surface area contributed by atoms with Crippen LogP contribution in [0.15, 0.2) is 70.8 Å². The van der Waals surface area contributed by atoms with Crippen molar-refractivity contribution in [2.75, 3.05) is 7.05 Å². The zero-order valence-corrected chi connectivity index (χ0v) is 27.3. The number of aromatic amines is 1. The van der Waals surface area contributed by atoms with E-state index >= 15 is 8.78 Å². The molecule has 0 fully saturated rings. The van der Waals surface area contributed by atoms with Crippen LogP contribution in [0.1, 0.15) is 68.7 Å². The van der Waals surface area contributed by atoms with E-state index in [1.54, 1.807) is 12.3 Å². The summed E-state index contributed by atoms with van der Waals surface area (Å²) in [6.45, 7) is 5.36. The van der Waals surface area contributed by atoms with Gasteiger partial charge in [0.15, 0.2) is 17.4 Å². The van der Waals surface area contributed by atoms with Gasteiger partial charge in [-0.05, 0) is 81.8 Å². The molecule has 252 valence electrons. The Morgan fingerprint density at radius 1 is 1.08 bits per heavy atom. The Hall–Kier alpha value is -5.26. The van der Waals surface area contributed by atoms with E-state index in [1.807, 2.05) is 45.0 Å². The number of nitrogens with two attached hydrogens (primary N) is 1. The number of amides is 1. The molecule has 0 saturated heterocycles. The molecule has 0 aliphatic carbocycles. The second-order valence-electron chi connectivity index (χ2n) is 12.8. The van der Waals surface area contributed by atoms with Crippen LogP contribution in [0.2, 0.25) is 0 Å². The molecule has 2 heterocycles. The predicted octanol–water partition coefficient (Wildman–Crippen LogP) is 7.14. The normalized spacial score (nSPS) is 19.7. The number of rotatable bonds is 4. The zero-order chi connectivity index (χ0) is 34.6. The molecule has 4 aromatic rings. The second-order valence-corrected chi connectivity index (χ2v) is 12.8. The second kappa shape index (κ2) is 13.8. The molecule has 1 aromatic heterocycles. The number of carbonyl (C=O) groups excluding carboxylic acids is 1. The Bertz CT molecular complexity index is 1920. The van der Waals surface area contributed by atoms with Crippen molar-refractivity contribution in [2.24, 2.45) is 15.7 Å². The molecular formula is C36H39F2N5O5. The minimum absolute atomic E-state index is 0.00234.